The Morgan fingerprint density at radius 3 is 2.29 bits per heavy atom. The summed E-state index contributed by atoms with van der Waals surface area (Å²) >= 11 is 1.63. The first kappa shape index (κ1) is 17.9. The van der Waals surface area contributed by atoms with Gasteiger partial charge in [-0.2, -0.15) is 0 Å². The number of thioether (sulfide) groups is 1. The first-order chi connectivity index (χ1) is 9.80. The van der Waals surface area contributed by atoms with Gasteiger partial charge < -0.3 is 10.4 Å². The average molecular weight is 311 g/mol. The molecule has 0 radical (unpaired) electrons. The van der Waals surface area contributed by atoms with Gasteiger partial charge >= 0.3 is 5.97 Å². The lowest BCUT2D eigenvalue weighted by Crippen LogP contribution is -2.47. The third-order valence-corrected chi connectivity index (χ3v) is 4.87. The largest absolute Gasteiger partial charge is 0.480 e. The average Bonchev–Trinajstić information content (AvgIpc) is 2.43. The van der Waals surface area contributed by atoms with Crippen molar-refractivity contribution in [1.82, 2.24) is 15.3 Å². The molecule has 1 aromatic heterocycles. The summed E-state index contributed by atoms with van der Waals surface area (Å²) < 4.78 is 0. The molecular weight excluding hydrogens is 286 g/mol. The number of nitrogens with one attached hydrogen (secondary N) is 1. The van der Waals surface area contributed by atoms with Gasteiger partial charge in [0.15, 0.2) is 5.16 Å². The minimum Gasteiger partial charge on any atom is -0.480 e. The van der Waals surface area contributed by atoms with Crippen molar-refractivity contribution in [1.29, 1.82) is 0 Å². The molecule has 1 rings (SSSR count). The van der Waals surface area contributed by atoms with Gasteiger partial charge in [-0.1, -0.05) is 18.2 Å². The van der Waals surface area contributed by atoms with Gasteiger partial charge in [0.25, 0.3) is 0 Å². The molecule has 5 nitrogen and oxygen atoms in total. The van der Waals surface area contributed by atoms with Crippen molar-refractivity contribution in [3.8, 4) is 0 Å². The number of aromatic nitrogens is 2. The number of carbonyl (C=O) groups is 1. The van der Waals surface area contributed by atoms with Gasteiger partial charge in [0.05, 0.1) is 0 Å². The van der Waals surface area contributed by atoms with Crippen molar-refractivity contribution in [2.75, 3.05) is 12.8 Å². The van der Waals surface area contributed by atoms with Crippen molar-refractivity contribution < 1.29 is 9.90 Å². The van der Waals surface area contributed by atoms with Gasteiger partial charge in [-0.3, -0.25) is 4.79 Å². The topological polar surface area (TPSA) is 75.1 Å². The molecule has 0 aliphatic carbocycles. The van der Waals surface area contributed by atoms with Crippen LogP contribution in [0.5, 0.6) is 0 Å². The van der Waals surface area contributed by atoms with Crippen LogP contribution in [-0.4, -0.2) is 39.4 Å². The van der Waals surface area contributed by atoms with E-state index in [0.717, 1.165) is 40.7 Å². The lowest BCUT2D eigenvalue weighted by atomic mass is 9.95. The van der Waals surface area contributed by atoms with Gasteiger partial charge in [-0.25, -0.2) is 9.97 Å². The fraction of sp³-hybridized carbons (Fsp3) is 0.667. The van der Waals surface area contributed by atoms with E-state index in [2.05, 4.69) is 15.3 Å². The van der Waals surface area contributed by atoms with Crippen molar-refractivity contribution in [3.63, 3.8) is 0 Å². The smallest absolute Gasteiger partial charge is 0.323 e. The zero-order chi connectivity index (χ0) is 16.0. The highest BCUT2D eigenvalue weighted by molar-refractivity contribution is 7.99. The van der Waals surface area contributed by atoms with E-state index in [1.54, 1.807) is 25.7 Å². The molecule has 0 saturated carbocycles. The monoisotopic (exact) mass is 311 g/mol. The summed E-state index contributed by atoms with van der Waals surface area (Å²) in [6.45, 7) is 7.75. The van der Waals surface area contributed by atoms with E-state index < -0.39 is 11.5 Å². The second-order valence-corrected chi connectivity index (χ2v) is 6.56. The van der Waals surface area contributed by atoms with Crippen molar-refractivity contribution in [3.05, 3.63) is 17.0 Å². The van der Waals surface area contributed by atoms with Crippen LogP contribution >= 0.6 is 11.8 Å². The van der Waals surface area contributed by atoms with E-state index in [1.807, 2.05) is 20.8 Å². The predicted octanol–water partition coefficient (Wildman–Crippen LogP) is 2.73. The maximum Gasteiger partial charge on any atom is 0.323 e. The summed E-state index contributed by atoms with van der Waals surface area (Å²) in [5.74, 6) is 0.104. The van der Waals surface area contributed by atoms with Gasteiger partial charge in [0.2, 0.25) is 0 Å². The van der Waals surface area contributed by atoms with E-state index in [9.17, 15) is 4.79 Å². The Hall–Kier alpha value is -1.14. The predicted molar refractivity (Wildman–Crippen MR) is 85.9 cm³/mol. The number of hydrogen-bond donors (Lipinski definition) is 2. The Balaban J connectivity index is 2.40. The number of likely N-dealkylation sites (N-methyl/N-ethyl adjacent to an activating group) is 1. The lowest BCUT2D eigenvalue weighted by molar-refractivity contribution is -0.144. The Morgan fingerprint density at radius 2 is 1.81 bits per heavy atom. The molecule has 0 saturated heterocycles. The van der Waals surface area contributed by atoms with E-state index in [4.69, 9.17) is 5.11 Å². The van der Waals surface area contributed by atoms with Gasteiger partial charge in [-0.05, 0) is 53.1 Å². The maximum atomic E-state index is 11.2. The molecule has 0 aliphatic heterocycles. The van der Waals surface area contributed by atoms with E-state index in [0.29, 0.717) is 6.42 Å². The molecule has 21 heavy (non-hydrogen) atoms. The summed E-state index contributed by atoms with van der Waals surface area (Å²) in [5.41, 5.74) is 2.36. The Kier molecular flexibility index (Phi) is 6.61. The highest BCUT2D eigenvalue weighted by atomic mass is 32.2. The zero-order valence-corrected chi connectivity index (χ0v) is 14.3. The Bertz CT molecular complexity index is 485. The minimum atomic E-state index is -0.835. The first-order valence-corrected chi connectivity index (χ1v) is 8.15. The SMILES string of the molecule is CNC(C)(CCCCSc1nc(C)c(C)c(C)n1)C(=O)O. The van der Waals surface area contributed by atoms with Gasteiger partial charge in [-0.15, -0.1) is 0 Å². The third kappa shape index (κ3) is 4.97. The van der Waals surface area contributed by atoms with Crippen molar-refractivity contribution in [2.24, 2.45) is 0 Å². The fourth-order valence-electron chi connectivity index (χ4n) is 1.89. The molecule has 118 valence electrons. The number of nitrogens with zero attached hydrogens (tertiary/aromatic N) is 2. The van der Waals surface area contributed by atoms with Gasteiger partial charge in [0, 0.05) is 17.1 Å². The number of rotatable bonds is 8. The van der Waals surface area contributed by atoms with Crippen LogP contribution in [0.4, 0.5) is 0 Å². The molecule has 1 aromatic rings. The van der Waals surface area contributed by atoms with Crippen LogP contribution < -0.4 is 5.32 Å². The molecule has 1 unspecified atom stereocenters. The van der Waals surface area contributed by atoms with Crippen LogP contribution in [0.25, 0.3) is 0 Å². The molecule has 0 bridgehead atoms. The lowest BCUT2D eigenvalue weighted by Gasteiger charge is -2.23. The molecular formula is C15H25N3O2S. The van der Waals surface area contributed by atoms with Crippen molar-refractivity contribution in [2.45, 2.75) is 57.7 Å². The van der Waals surface area contributed by atoms with Crippen LogP contribution in [0.2, 0.25) is 0 Å². The Morgan fingerprint density at radius 1 is 1.24 bits per heavy atom. The molecule has 0 aromatic carbocycles. The van der Waals surface area contributed by atoms with Crippen LogP contribution in [0.15, 0.2) is 5.16 Å². The number of aryl methyl sites for hydroxylation is 2. The van der Waals surface area contributed by atoms with Crippen LogP contribution in [0, 0.1) is 20.8 Å². The quantitative estimate of drug-likeness (QED) is 0.437. The zero-order valence-electron chi connectivity index (χ0n) is 13.5. The minimum absolute atomic E-state index is 0.617. The number of aliphatic carboxylic acids is 1. The van der Waals surface area contributed by atoms with Crippen LogP contribution in [-0.2, 0) is 4.79 Å². The molecule has 6 heteroatoms. The normalized spacial score (nSPS) is 14.0. The molecule has 2 N–H and O–H groups in total. The molecule has 0 fully saturated rings. The summed E-state index contributed by atoms with van der Waals surface area (Å²) in [7, 11) is 1.69. The second-order valence-electron chi connectivity index (χ2n) is 5.49. The number of carboxylic acid groups (broad SMARTS) is 1. The van der Waals surface area contributed by atoms with Crippen LogP contribution in [0.3, 0.4) is 0 Å². The van der Waals surface area contributed by atoms with E-state index in [-0.39, 0.29) is 0 Å². The highest BCUT2D eigenvalue weighted by Crippen LogP contribution is 2.20. The van der Waals surface area contributed by atoms with Gasteiger partial charge in [0.1, 0.15) is 5.54 Å². The standard InChI is InChI=1S/C15H25N3O2S/c1-10-11(2)17-14(18-12(10)3)21-9-7-6-8-15(4,16-5)13(19)20/h16H,6-9H2,1-5H3,(H,19,20). The van der Waals surface area contributed by atoms with Crippen molar-refractivity contribution >= 4 is 17.7 Å². The second kappa shape index (κ2) is 7.75. The first-order valence-electron chi connectivity index (χ1n) is 7.17. The third-order valence-electron chi connectivity index (χ3n) is 3.94. The van der Waals surface area contributed by atoms with E-state index in [1.165, 1.54) is 0 Å². The molecule has 0 spiro atoms. The van der Waals surface area contributed by atoms with Crippen LogP contribution in [0.1, 0.15) is 43.1 Å². The molecule has 1 atom stereocenters. The maximum absolute atomic E-state index is 11.2. The summed E-state index contributed by atoms with van der Waals surface area (Å²) in [6, 6.07) is 0. The summed E-state index contributed by atoms with van der Waals surface area (Å²) in [4.78, 5) is 20.1. The molecule has 0 amide bonds. The Labute approximate surface area is 131 Å². The summed E-state index contributed by atoms with van der Waals surface area (Å²) in [5, 5.41) is 12.9. The number of hydrogen-bond acceptors (Lipinski definition) is 5. The highest BCUT2D eigenvalue weighted by Gasteiger charge is 2.29. The number of unbranched alkanes of at least 4 members (excludes halogenated alkanes) is 1. The molecule has 1 heterocycles. The molecule has 0 aliphatic rings. The number of carboxylic acids is 1. The van der Waals surface area contributed by atoms with E-state index >= 15 is 0 Å². The summed E-state index contributed by atoms with van der Waals surface area (Å²) in [6.07, 6.45) is 2.43. The fourth-order valence-corrected chi connectivity index (χ4v) is 2.82.